The highest BCUT2D eigenvalue weighted by Crippen LogP contribution is 2.41. The van der Waals surface area contributed by atoms with E-state index >= 15 is 0 Å². The number of nitrogens with zero attached hydrogens (tertiary/aromatic N) is 2. The number of carbonyl (C=O) groups excluding carboxylic acids is 1. The third-order valence-electron chi connectivity index (χ3n) is 7.83. The van der Waals surface area contributed by atoms with E-state index in [1.165, 1.54) is 18.4 Å². The standard InChI is InChI=1S/C30H34ClN3O4/c1-2-36-30(35)21-9-11-34(12-10-21)17-20-13-22-5-7-24(16-27(22)37-18-20)38-28(14-19-3-4-19)23-6-8-26-25(15-23)29(31)33-32-26/h5-8,13,15-16,19,21,28H,2-4,9-12,14,17-18H2,1H3,(H,32,33). The zero-order chi connectivity index (χ0) is 26.1. The van der Waals surface area contributed by atoms with E-state index in [-0.39, 0.29) is 18.0 Å². The van der Waals surface area contributed by atoms with Crippen molar-refractivity contribution in [2.24, 2.45) is 11.8 Å². The molecule has 1 N–H and O–H groups in total. The smallest absolute Gasteiger partial charge is 0.309 e. The lowest BCUT2D eigenvalue weighted by Crippen LogP contribution is -2.38. The number of hydrogen-bond acceptors (Lipinski definition) is 6. The highest BCUT2D eigenvalue weighted by atomic mass is 35.5. The van der Waals surface area contributed by atoms with E-state index < -0.39 is 0 Å². The molecule has 0 spiro atoms. The maximum Gasteiger partial charge on any atom is 0.309 e. The highest BCUT2D eigenvalue weighted by molar-refractivity contribution is 6.34. The van der Waals surface area contributed by atoms with E-state index in [9.17, 15) is 4.79 Å². The molecule has 3 aromatic rings. The van der Waals surface area contributed by atoms with Crippen LogP contribution in [0.2, 0.25) is 5.15 Å². The van der Waals surface area contributed by atoms with E-state index in [0.29, 0.717) is 24.3 Å². The van der Waals surface area contributed by atoms with Gasteiger partial charge in [-0.05, 0) is 86.7 Å². The zero-order valence-corrected chi connectivity index (χ0v) is 22.5. The third kappa shape index (κ3) is 5.69. The normalized spacial score (nSPS) is 18.9. The molecule has 2 fully saturated rings. The summed E-state index contributed by atoms with van der Waals surface area (Å²) in [6.45, 7) is 5.54. The van der Waals surface area contributed by atoms with Crippen LogP contribution in [0.1, 0.15) is 56.3 Å². The molecule has 0 bridgehead atoms. The fourth-order valence-corrected chi connectivity index (χ4v) is 5.70. The maximum absolute atomic E-state index is 12.0. The Kier molecular flexibility index (Phi) is 7.30. The van der Waals surface area contributed by atoms with Crippen molar-refractivity contribution in [2.75, 3.05) is 32.8 Å². The number of carbonyl (C=O) groups is 1. The number of aromatic nitrogens is 2. The van der Waals surface area contributed by atoms with Crippen LogP contribution in [0, 0.1) is 11.8 Å². The van der Waals surface area contributed by atoms with Gasteiger partial charge in [-0.1, -0.05) is 30.5 Å². The van der Waals surface area contributed by atoms with Gasteiger partial charge in [0.2, 0.25) is 0 Å². The number of H-pyrrole nitrogens is 1. The molecule has 1 unspecified atom stereocenters. The van der Waals surface area contributed by atoms with Gasteiger partial charge in [0.25, 0.3) is 0 Å². The first-order chi connectivity index (χ1) is 18.6. The van der Waals surface area contributed by atoms with Gasteiger partial charge >= 0.3 is 5.97 Å². The molecule has 1 saturated carbocycles. The molecule has 0 radical (unpaired) electrons. The lowest BCUT2D eigenvalue weighted by atomic mass is 9.96. The fraction of sp³-hybridized carbons (Fsp3) is 0.467. The summed E-state index contributed by atoms with van der Waals surface area (Å²) in [7, 11) is 0. The van der Waals surface area contributed by atoms with Crippen LogP contribution in [0.15, 0.2) is 42.0 Å². The minimum atomic E-state index is -0.0526. The first kappa shape index (κ1) is 25.3. The van der Waals surface area contributed by atoms with Crippen molar-refractivity contribution in [1.82, 2.24) is 15.1 Å². The summed E-state index contributed by atoms with van der Waals surface area (Å²) < 4.78 is 17.9. The van der Waals surface area contributed by atoms with Gasteiger partial charge in [-0.3, -0.25) is 14.8 Å². The van der Waals surface area contributed by atoms with E-state index in [1.54, 1.807) is 0 Å². The average molecular weight is 536 g/mol. The summed E-state index contributed by atoms with van der Waals surface area (Å²) in [4.78, 5) is 14.4. The van der Waals surface area contributed by atoms with Gasteiger partial charge in [-0.25, -0.2) is 0 Å². The van der Waals surface area contributed by atoms with Gasteiger partial charge in [0.1, 0.15) is 24.2 Å². The summed E-state index contributed by atoms with van der Waals surface area (Å²) in [5, 5.41) is 8.49. The lowest BCUT2D eigenvalue weighted by molar-refractivity contribution is -0.149. The number of aromatic amines is 1. The zero-order valence-electron chi connectivity index (χ0n) is 21.7. The van der Waals surface area contributed by atoms with Gasteiger partial charge in [0, 0.05) is 23.6 Å². The van der Waals surface area contributed by atoms with E-state index in [1.807, 2.05) is 25.1 Å². The molecule has 1 aromatic heterocycles. The molecule has 38 heavy (non-hydrogen) atoms. The number of esters is 1. The largest absolute Gasteiger partial charge is 0.488 e. The van der Waals surface area contributed by atoms with Gasteiger partial charge in [0.05, 0.1) is 18.0 Å². The van der Waals surface area contributed by atoms with E-state index in [2.05, 4.69) is 39.4 Å². The van der Waals surface area contributed by atoms with Crippen molar-refractivity contribution in [1.29, 1.82) is 0 Å². The molecular formula is C30H34ClN3O4. The number of hydrogen-bond donors (Lipinski definition) is 1. The summed E-state index contributed by atoms with van der Waals surface area (Å²) >= 11 is 6.28. The van der Waals surface area contributed by atoms with Crippen LogP contribution in [0.5, 0.6) is 11.5 Å². The molecule has 2 aliphatic heterocycles. The molecule has 3 aliphatic rings. The number of fused-ring (bicyclic) bond motifs is 2. The van der Waals surface area contributed by atoms with Crippen LogP contribution in [0.25, 0.3) is 17.0 Å². The Morgan fingerprint density at radius 3 is 2.82 bits per heavy atom. The first-order valence-electron chi connectivity index (χ1n) is 13.7. The van der Waals surface area contributed by atoms with Crippen LogP contribution in [0.3, 0.4) is 0 Å². The molecule has 0 amide bonds. The third-order valence-corrected chi connectivity index (χ3v) is 8.11. The minimum Gasteiger partial charge on any atom is -0.488 e. The second kappa shape index (κ2) is 11.0. The summed E-state index contributed by atoms with van der Waals surface area (Å²) in [6.07, 6.45) is 7.39. The van der Waals surface area contributed by atoms with Gasteiger partial charge in [-0.2, -0.15) is 5.10 Å². The second-order valence-corrected chi connectivity index (χ2v) is 11.1. The molecule has 200 valence electrons. The molecule has 1 saturated heterocycles. The Labute approximate surface area is 228 Å². The Hall–Kier alpha value is -3.03. The monoisotopic (exact) mass is 535 g/mol. The SMILES string of the molecule is CCOC(=O)C1CCN(CC2=Cc3ccc(OC(CC4CC4)c4ccc5[nH]nc(Cl)c5c4)cc3OC2)CC1. The molecule has 2 aromatic carbocycles. The average Bonchev–Trinajstić information content (AvgIpc) is 3.68. The summed E-state index contributed by atoms with van der Waals surface area (Å²) in [5.41, 5.74) is 4.36. The lowest BCUT2D eigenvalue weighted by Gasteiger charge is -2.32. The number of likely N-dealkylation sites (tertiary alicyclic amines) is 1. The molecule has 6 rings (SSSR count). The molecular weight excluding hydrogens is 502 g/mol. The van der Waals surface area contributed by atoms with Gasteiger partial charge in [0.15, 0.2) is 5.15 Å². The number of rotatable bonds is 9. The van der Waals surface area contributed by atoms with Crippen molar-refractivity contribution in [3.63, 3.8) is 0 Å². The molecule has 1 atom stereocenters. The predicted molar refractivity (Wildman–Crippen MR) is 148 cm³/mol. The van der Waals surface area contributed by atoms with Gasteiger partial charge in [-0.15, -0.1) is 0 Å². The van der Waals surface area contributed by atoms with E-state index in [0.717, 1.165) is 72.4 Å². The molecule has 3 heterocycles. The predicted octanol–water partition coefficient (Wildman–Crippen LogP) is 6.19. The van der Waals surface area contributed by atoms with E-state index in [4.69, 9.17) is 25.8 Å². The number of ether oxygens (including phenoxy) is 3. The van der Waals surface area contributed by atoms with Crippen molar-refractivity contribution in [2.45, 2.75) is 45.1 Å². The summed E-state index contributed by atoms with van der Waals surface area (Å²) in [5.74, 6) is 2.35. The second-order valence-electron chi connectivity index (χ2n) is 10.7. The fourth-order valence-electron chi connectivity index (χ4n) is 5.50. The molecule has 8 heteroatoms. The topological polar surface area (TPSA) is 76.7 Å². The Morgan fingerprint density at radius 1 is 1.18 bits per heavy atom. The first-order valence-corrected chi connectivity index (χ1v) is 14.1. The summed E-state index contributed by atoms with van der Waals surface area (Å²) in [6, 6.07) is 12.3. The molecule has 1 aliphatic carbocycles. The van der Waals surface area contributed by atoms with Crippen LogP contribution >= 0.6 is 11.6 Å². The number of piperidine rings is 1. The molecule has 7 nitrogen and oxygen atoms in total. The van der Waals surface area contributed by atoms with Crippen molar-refractivity contribution < 1.29 is 19.0 Å². The quantitative estimate of drug-likeness (QED) is 0.329. The van der Waals surface area contributed by atoms with Crippen molar-refractivity contribution in [3.05, 3.63) is 58.3 Å². The number of halogens is 1. The highest BCUT2D eigenvalue weighted by Gasteiger charge is 2.29. The maximum atomic E-state index is 12.0. The number of benzene rings is 2. The Bertz CT molecular complexity index is 1340. The van der Waals surface area contributed by atoms with Crippen LogP contribution < -0.4 is 9.47 Å². The van der Waals surface area contributed by atoms with Crippen LogP contribution in [-0.4, -0.2) is 53.9 Å². The van der Waals surface area contributed by atoms with Gasteiger partial charge < -0.3 is 14.2 Å². The minimum absolute atomic E-state index is 0.0317. The van der Waals surface area contributed by atoms with Crippen LogP contribution in [0.4, 0.5) is 0 Å². The van der Waals surface area contributed by atoms with Crippen LogP contribution in [-0.2, 0) is 9.53 Å². The Morgan fingerprint density at radius 2 is 2.03 bits per heavy atom. The Balaban J connectivity index is 1.11. The van der Waals surface area contributed by atoms with Crippen molar-refractivity contribution in [3.8, 4) is 11.5 Å². The van der Waals surface area contributed by atoms with Crippen molar-refractivity contribution >= 4 is 34.5 Å². The number of nitrogens with one attached hydrogen (secondary N) is 1.